The van der Waals surface area contributed by atoms with E-state index in [9.17, 15) is 4.79 Å². The predicted octanol–water partition coefficient (Wildman–Crippen LogP) is 2.21. The van der Waals surface area contributed by atoms with Crippen molar-refractivity contribution in [3.8, 4) is 0 Å². The minimum Gasteiger partial charge on any atom is -0.365 e. The number of anilines is 1. The zero-order valence-corrected chi connectivity index (χ0v) is 10.7. The third-order valence-corrected chi connectivity index (χ3v) is 3.50. The third-order valence-electron chi connectivity index (χ3n) is 3.50. The molecule has 2 N–H and O–H groups in total. The van der Waals surface area contributed by atoms with Crippen molar-refractivity contribution in [3.05, 3.63) is 29.8 Å². The van der Waals surface area contributed by atoms with Crippen LogP contribution in [0.3, 0.4) is 0 Å². The van der Waals surface area contributed by atoms with E-state index in [2.05, 4.69) is 18.7 Å². The lowest BCUT2D eigenvalue weighted by atomic mass is 10.00. The van der Waals surface area contributed by atoms with Crippen LogP contribution in [0.2, 0.25) is 0 Å². The van der Waals surface area contributed by atoms with Gasteiger partial charge in [0.2, 0.25) is 0 Å². The largest absolute Gasteiger partial charge is 0.365 e. The van der Waals surface area contributed by atoms with E-state index >= 15 is 0 Å². The molecular formula is C14H20N2O. The second-order valence-corrected chi connectivity index (χ2v) is 5.49. The molecule has 3 heteroatoms. The van der Waals surface area contributed by atoms with Crippen LogP contribution in [-0.2, 0) is 0 Å². The summed E-state index contributed by atoms with van der Waals surface area (Å²) >= 11 is 0. The Balaban J connectivity index is 2.26. The topological polar surface area (TPSA) is 46.3 Å². The summed E-state index contributed by atoms with van der Waals surface area (Å²) in [5.74, 6) is 0.105. The molecule has 3 nitrogen and oxygen atoms in total. The molecule has 0 aliphatic carbocycles. The maximum Gasteiger partial charge on any atom is 0.159 e. The van der Waals surface area contributed by atoms with E-state index in [1.165, 1.54) is 0 Å². The minimum atomic E-state index is 0.0944. The molecule has 1 atom stereocenters. The molecule has 0 radical (unpaired) electrons. The van der Waals surface area contributed by atoms with Gasteiger partial charge >= 0.3 is 0 Å². The molecule has 2 rings (SSSR count). The second-order valence-electron chi connectivity index (χ2n) is 5.49. The van der Waals surface area contributed by atoms with Crippen molar-refractivity contribution in [3.63, 3.8) is 0 Å². The second kappa shape index (κ2) is 4.15. The molecule has 1 aromatic carbocycles. The molecule has 17 heavy (non-hydrogen) atoms. The summed E-state index contributed by atoms with van der Waals surface area (Å²) < 4.78 is 0. The molecule has 1 unspecified atom stereocenters. The summed E-state index contributed by atoms with van der Waals surface area (Å²) in [5, 5.41) is 0. The standard InChI is InChI=1S/C14H20N2O/c1-10(17)11-4-6-13(7-5-11)16-9-12(15)8-14(16,2)3/h4-7,12H,8-9,15H2,1-3H3. The first kappa shape index (κ1) is 12.1. The quantitative estimate of drug-likeness (QED) is 0.795. The van der Waals surface area contributed by atoms with Gasteiger partial charge in [0.25, 0.3) is 0 Å². The van der Waals surface area contributed by atoms with Gasteiger partial charge < -0.3 is 10.6 Å². The Hall–Kier alpha value is -1.35. The maximum absolute atomic E-state index is 11.2. The van der Waals surface area contributed by atoms with Gasteiger partial charge in [0.1, 0.15) is 0 Å². The first-order valence-electron chi connectivity index (χ1n) is 6.04. The lowest BCUT2D eigenvalue weighted by molar-refractivity contribution is 0.101. The molecule has 1 aromatic rings. The minimum absolute atomic E-state index is 0.0944. The summed E-state index contributed by atoms with van der Waals surface area (Å²) in [7, 11) is 0. The molecule has 0 bridgehead atoms. The van der Waals surface area contributed by atoms with E-state index in [1.807, 2.05) is 24.3 Å². The highest BCUT2D eigenvalue weighted by Gasteiger charge is 2.36. The Kier molecular flexibility index (Phi) is 2.96. The van der Waals surface area contributed by atoms with E-state index in [0.29, 0.717) is 0 Å². The van der Waals surface area contributed by atoms with Crippen molar-refractivity contribution in [1.82, 2.24) is 0 Å². The summed E-state index contributed by atoms with van der Waals surface area (Å²) in [6, 6.07) is 8.03. The number of hydrogen-bond donors (Lipinski definition) is 1. The normalized spacial score (nSPS) is 22.8. The molecule has 0 amide bonds. The van der Waals surface area contributed by atoms with Gasteiger partial charge in [-0.3, -0.25) is 4.79 Å². The average Bonchev–Trinajstić information content (AvgIpc) is 2.52. The van der Waals surface area contributed by atoms with Crippen molar-refractivity contribution in [1.29, 1.82) is 0 Å². The van der Waals surface area contributed by atoms with E-state index in [-0.39, 0.29) is 17.4 Å². The Morgan fingerprint density at radius 2 is 1.94 bits per heavy atom. The van der Waals surface area contributed by atoms with Crippen molar-refractivity contribution < 1.29 is 4.79 Å². The van der Waals surface area contributed by atoms with Crippen molar-refractivity contribution in [2.75, 3.05) is 11.4 Å². The number of carbonyl (C=O) groups excluding carboxylic acids is 1. The van der Waals surface area contributed by atoms with Gasteiger partial charge in [-0.2, -0.15) is 0 Å². The summed E-state index contributed by atoms with van der Waals surface area (Å²) in [5.41, 5.74) is 8.02. The average molecular weight is 232 g/mol. The number of ketones is 1. The van der Waals surface area contributed by atoms with Crippen LogP contribution < -0.4 is 10.6 Å². The fraction of sp³-hybridized carbons (Fsp3) is 0.500. The van der Waals surface area contributed by atoms with Crippen LogP contribution in [0.25, 0.3) is 0 Å². The smallest absolute Gasteiger partial charge is 0.159 e. The van der Waals surface area contributed by atoms with Crippen molar-refractivity contribution in [2.45, 2.75) is 38.8 Å². The number of nitrogens with two attached hydrogens (primary N) is 1. The molecule has 0 saturated carbocycles. The van der Waals surface area contributed by atoms with E-state index < -0.39 is 0 Å². The zero-order chi connectivity index (χ0) is 12.6. The molecular weight excluding hydrogens is 212 g/mol. The highest BCUT2D eigenvalue weighted by Crippen LogP contribution is 2.33. The molecule has 1 saturated heterocycles. The molecule has 1 aliphatic heterocycles. The zero-order valence-electron chi connectivity index (χ0n) is 10.7. The number of benzene rings is 1. The van der Waals surface area contributed by atoms with Gasteiger partial charge in [-0.25, -0.2) is 0 Å². The SMILES string of the molecule is CC(=O)c1ccc(N2CC(N)CC2(C)C)cc1. The molecule has 1 heterocycles. The predicted molar refractivity (Wildman–Crippen MR) is 70.5 cm³/mol. The fourth-order valence-corrected chi connectivity index (χ4v) is 2.63. The Morgan fingerprint density at radius 1 is 1.35 bits per heavy atom. The van der Waals surface area contributed by atoms with E-state index in [4.69, 9.17) is 5.73 Å². The number of hydrogen-bond acceptors (Lipinski definition) is 3. The first-order valence-corrected chi connectivity index (χ1v) is 6.04. The van der Waals surface area contributed by atoms with Crippen LogP contribution in [0.15, 0.2) is 24.3 Å². The highest BCUT2D eigenvalue weighted by molar-refractivity contribution is 5.94. The number of carbonyl (C=O) groups is 1. The highest BCUT2D eigenvalue weighted by atomic mass is 16.1. The van der Waals surface area contributed by atoms with Crippen LogP contribution in [0.5, 0.6) is 0 Å². The van der Waals surface area contributed by atoms with Crippen LogP contribution in [0.4, 0.5) is 5.69 Å². The van der Waals surface area contributed by atoms with Gasteiger partial charge in [-0.05, 0) is 51.5 Å². The Morgan fingerprint density at radius 3 is 2.35 bits per heavy atom. The lowest BCUT2D eigenvalue weighted by Crippen LogP contribution is -2.38. The number of Topliss-reactive ketones (excluding diaryl/α,β-unsaturated/α-hetero) is 1. The first-order chi connectivity index (χ1) is 7.90. The number of nitrogens with zero attached hydrogens (tertiary/aromatic N) is 1. The third kappa shape index (κ3) is 2.34. The van der Waals surface area contributed by atoms with E-state index in [0.717, 1.165) is 24.2 Å². The summed E-state index contributed by atoms with van der Waals surface area (Å²) in [6.07, 6.45) is 1.00. The lowest BCUT2D eigenvalue weighted by Gasteiger charge is -2.33. The summed E-state index contributed by atoms with van der Waals surface area (Å²) in [4.78, 5) is 13.5. The maximum atomic E-state index is 11.2. The Bertz CT molecular complexity index is 422. The van der Waals surface area contributed by atoms with Crippen molar-refractivity contribution >= 4 is 11.5 Å². The van der Waals surface area contributed by atoms with Crippen LogP contribution >= 0.6 is 0 Å². The van der Waals surface area contributed by atoms with Gasteiger partial charge in [-0.1, -0.05) is 0 Å². The molecule has 0 spiro atoms. The van der Waals surface area contributed by atoms with Crippen LogP contribution in [-0.4, -0.2) is 23.9 Å². The van der Waals surface area contributed by atoms with Gasteiger partial charge in [0.05, 0.1) is 0 Å². The molecule has 1 aliphatic rings. The molecule has 1 fully saturated rings. The Labute approximate surface area is 103 Å². The molecule has 0 aromatic heterocycles. The van der Waals surface area contributed by atoms with Gasteiger partial charge in [0.15, 0.2) is 5.78 Å². The summed E-state index contributed by atoms with van der Waals surface area (Å²) in [6.45, 7) is 6.88. The monoisotopic (exact) mass is 232 g/mol. The van der Waals surface area contributed by atoms with Gasteiger partial charge in [0, 0.05) is 29.4 Å². The van der Waals surface area contributed by atoms with Crippen LogP contribution in [0, 0.1) is 0 Å². The van der Waals surface area contributed by atoms with Crippen molar-refractivity contribution in [2.24, 2.45) is 5.73 Å². The van der Waals surface area contributed by atoms with Crippen LogP contribution in [0.1, 0.15) is 37.6 Å². The van der Waals surface area contributed by atoms with Gasteiger partial charge in [-0.15, -0.1) is 0 Å². The number of rotatable bonds is 2. The fourth-order valence-electron chi connectivity index (χ4n) is 2.63. The molecule has 92 valence electrons. The van der Waals surface area contributed by atoms with E-state index in [1.54, 1.807) is 6.92 Å².